The smallest absolute Gasteiger partial charge is 0.264 e. The maximum absolute atomic E-state index is 14.5. The number of alkyl halides is 4. The van der Waals surface area contributed by atoms with Gasteiger partial charge in [-0.1, -0.05) is 27.7 Å². The van der Waals surface area contributed by atoms with Crippen molar-refractivity contribution in [1.29, 1.82) is 0 Å². The van der Waals surface area contributed by atoms with Gasteiger partial charge in [0.25, 0.3) is 12.9 Å². The number of nitrogens with zero attached hydrogens (tertiary/aromatic N) is 12. The first-order chi connectivity index (χ1) is 37.7. The van der Waals surface area contributed by atoms with Gasteiger partial charge in [-0.3, -0.25) is 28.3 Å². The fraction of sp³-hybridized carbons (Fsp3) is 0.552. The Balaban J connectivity index is 0.000000165. The fourth-order valence-electron chi connectivity index (χ4n) is 12.7. The molecule has 6 aliphatic heterocycles. The zero-order valence-electron chi connectivity index (χ0n) is 45.7. The van der Waals surface area contributed by atoms with Crippen LogP contribution in [0.3, 0.4) is 0 Å². The second-order valence-electron chi connectivity index (χ2n) is 22.0. The Morgan fingerprint density at radius 2 is 0.987 bits per heavy atom. The molecule has 0 unspecified atom stereocenters. The molecular weight excluding hydrogens is 1000 g/mol. The van der Waals surface area contributed by atoms with Crippen LogP contribution in [0, 0.1) is 0 Å². The fourth-order valence-corrected chi connectivity index (χ4v) is 12.7. The monoisotopic (exact) mass is 1080 g/mol. The molecule has 12 rings (SSSR count). The molecule has 16 nitrogen and oxygen atoms in total. The molecule has 6 aromatic rings. The predicted octanol–water partition coefficient (Wildman–Crippen LogP) is 11.0. The Morgan fingerprint density at radius 1 is 0.590 bits per heavy atom. The molecule has 20 heteroatoms. The molecule has 10 heterocycles. The molecule has 78 heavy (non-hydrogen) atoms. The number of fused-ring (bicyclic) bond motifs is 4. The van der Waals surface area contributed by atoms with Crippen LogP contribution >= 0.6 is 0 Å². The van der Waals surface area contributed by atoms with Crippen molar-refractivity contribution in [3.8, 4) is 22.3 Å². The van der Waals surface area contributed by atoms with E-state index in [1.54, 1.807) is 60.4 Å². The van der Waals surface area contributed by atoms with Gasteiger partial charge in [0.05, 0.1) is 37.6 Å². The van der Waals surface area contributed by atoms with E-state index in [4.69, 9.17) is 19.7 Å². The Morgan fingerprint density at radius 3 is 1.33 bits per heavy atom. The number of anilines is 4. The maximum atomic E-state index is 14.5. The summed E-state index contributed by atoms with van der Waals surface area (Å²) >= 11 is 0. The van der Waals surface area contributed by atoms with Crippen LogP contribution in [0.25, 0.3) is 22.3 Å². The molecule has 0 aliphatic carbocycles. The van der Waals surface area contributed by atoms with Crippen molar-refractivity contribution < 1.29 is 36.6 Å². The van der Waals surface area contributed by atoms with Gasteiger partial charge in [0.1, 0.15) is 0 Å². The molecule has 0 radical (unpaired) electrons. The average molecular weight is 1080 g/mol. The summed E-state index contributed by atoms with van der Waals surface area (Å²) in [6, 6.07) is 7.66. The molecule has 0 N–H and O–H groups in total. The van der Waals surface area contributed by atoms with Crippen molar-refractivity contribution in [2.24, 2.45) is 14.1 Å². The minimum absolute atomic E-state index is 0.00127. The molecule has 0 bridgehead atoms. The highest BCUT2D eigenvalue weighted by Crippen LogP contribution is 2.49. The van der Waals surface area contributed by atoms with Crippen LogP contribution < -0.4 is 9.80 Å². The van der Waals surface area contributed by atoms with E-state index in [0.717, 1.165) is 96.6 Å². The van der Waals surface area contributed by atoms with Crippen molar-refractivity contribution in [2.45, 2.75) is 142 Å². The lowest BCUT2D eigenvalue weighted by atomic mass is 9.87. The first-order valence-electron chi connectivity index (χ1n) is 28.1. The molecule has 416 valence electrons. The van der Waals surface area contributed by atoms with Gasteiger partial charge in [0.15, 0.2) is 11.6 Å². The van der Waals surface area contributed by atoms with E-state index in [1.807, 2.05) is 35.8 Å². The van der Waals surface area contributed by atoms with Crippen molar-refractivity contribution in [3.63, 3.8) is 0 Å². The summed E-state index contributed by atoms with van der Waals surface area (Å²) < 4.78 is 76.8. The molecule has 2 atom stereocenters. The third kappa shape index (κ3) is 10.1. The lowest BCUT2D eigenvalue weighted by Crippen LogP contribution is -2.37. The van der Waals surface area contributed by atoms with E-state index in [1.165, 1.54) is 11.4 Å². The van der Waals surface area contributed by atoms with Gasteiger partial charge in [0, 0.05) is 161 Å². The third-order valence-electron chi connectivity index (χ3n) is 17.1. The highest BCUT2D eigenvalue weighted by molar-refractivity contribution is 5.81. The Bertz CT molecular complexity index is 2960. The summed E-state index contributed by atoms with van der Waals surface area (Å²) in [4.78, 5) is 33.4. The Hall–Kier alpha value is -6.54. The molecule has 4 aromatic heterocycles. The normalized spacial score (nSPS) is 19.9. The maximum Gasteiger partial charge on any atom is 0.264 e. The molecular formula is C58H72F4N12O4. The molecule has 2 fully saturated rings. The lowest BCUT2D eigenvalue weighted by molar-refractivity contribution is -0.132. The van der Waals surface area contributed by atoms with Gasteiger partial charge in [-0.2, -0.15) is 20.4 Å². The van der Waals surface area contributed by atoms with Crippen LogP contribution in [-0.2, 0) is 59.1 Å². The van der Waals surface area contributed by atoms with Crippen LogP contribution in [0.5, 0.6) is 0 Å². The third-order valence-corrected chi connectivity index (χ3v) is 17.1. The second-order valence-corrected chi connectivity index (χ2v) is 22.0. The van der Waals surface area contributed by atoms with Crippen LogP contribution in [0.15, 0.2) is 49.1 Å². The first kappa shape index (κ1) is 53.5. The number of aromatic nitrogens is 8. The summed E-state index contributed by atoms with van der Waals surface area (Å²) in [5.41, 5.74) is 10.5. The molecule has 2 amide bonds. The Kier molecular flexibility index (Phi) is 15.3. The van der Waals surface area contributed by atoms with E-state index in [0.29, 0.717) is 101 Å². The number of benzene rings is 2. The molecule has 2 saturated heterocycles. The van der Waals surface area contributed by atoms with E-state index in [2.05, 4.69) is 43.2 Å². The highest BCUT2D eigenvalue weighted by atomic mass is 19.3. The van der Waals surface area contributed by atoms with Crippen molar-refractivity contribution in [3.05, 3.63) is 93.8 Å². The van der Waals surface area contributed by atoms with Crippen molar-refractivity contribution >= 4 is 34.8 Å². The molecule has 0 saturated carbocycles. The Labute approximate surface area is 453 Å². The van der Waals surface area contributed by atoms with Crippen LogP contribution in [0.1, 0.15) is 161 Å². The zero-order valence-corrected chi connectivity index (χ0v) is 45.7. The zero-order chi connectivity index (χ0) is 54.5. The number of aryl methyl sites for hydroxylation is 2. The minimum atomic E-state index is -2.63. The summed E-state index contributed by atoms with van der Waals surface area (Å²) in [7, 11) is 3.58. The summed E-state index contributed by atoms with van der Waals surface area (Å²) in [5, 5.41) is 18.8. The quantitative estimate of drug-likeness (QED) is 0.122. The van der Waals surface area contributed by atoms with Crippen molar-refractivity contribution in [1.82, 2.24) is 48.9 Å². The van der Waals surface area contributed by atoms with Crippen molar-refractivity contribution in [2.75, 3.05) is 62.4 Å². The van der Waals surface area contributed by atoms with Gasteiger partial charge < -0.3 is 29.1 Å². The van der Waals surface area contributed by atoms with Gasteiger partial charge in [-0.05, 0) is 96.9 Å². The number of carbonyl (C=O) groups excluding carboxylic acids is 2. The van der Waals surface area contributed by atoms with Crippen LogP contribution in [-0.4, -0.2) is 113 Å². The second kappa shape index (κ2) is 22.3. The van der Waals surface area contributed by atoms with E-state index >= 15 is 0 Å². The largest absolute Gasteiger partial charge is 0.381 e. The van der Waals surface area contributed by atoms with E-state index in [9.17, 15) is 27.2 Å². The first-order valence-corrected chi connectivity index (χ1v) is 28.1. The highest BCUT2D eigenvalue weighted by Gasteiger charge is 2.38. The van der Waals surface area contributed by atoms with Gasteiger partial charge in [-0.15, -0.1) is 0 Å². The number of halogens is 4. The number of hydrogen-bond acceptors (Lipinski definition) is 10. The predicted molar refractivity (Wildman–Crippen MR) is 289 cm³/mol. The van der Waals surface area contributed by atoms with Gasteiger partial charge in [0.2, 0.25) is 11.8 Å². The minimum Gasteiger partial charge on any atom is -0.381 e. The molecule has 0 spiro atoms. The number of rotatable bonds is 10. The number of amides is 2. The van der Waals surface area contributed by atoms with Gasteiger partial charge in [-0.25, -0.2) is 17.6 Å². The number of carbonyl (C=O) groups is 2. The number of hydrogen-bond donors (Lipinski definition) is 0. The summed E-state index contributed by atoms with van der Waals surface area (Å²) in [6.45, 7) is 14.6. The average Bonchev–Trinajstić information content (AvgIpc) is 4.43. The van der Waals surface area contributed by atoms with Crippen LogP contribution in [0.4, 0.5) is 40.6 Å². The SMILES string of the molecule is CCC(=O)N1CCc2c(c(N3CC[C@@H](C)c4cc(-c5cnn(C)c5)c(C(F)F)cc43)nn2C2CCOCC2)C1.CCC(=O)N1CCc2c(c(N3CC[C@H](C)c4cc(-c5cnn(C)c5)c(C(F)F)cc43)nn2C2CCOCC2)C1. The topological polar surface area (TPSA) is 137 Å². The number of ether oxygens (including phenoxy) is 2. The molecule has 2 aromatic carbocycles. The summed E-state index contributed by atoms with van der Waals surface area (Å²) in [6.07, 6.45) is 9.31. The van der Waals surface area contributed by atoms with E-state index < -0.39 is 12.9 Å². The summed E-state index contributed by atoms with van der Waals surface area (Å²) in [5.74, 6) is 2.27. The van der Waals surface area contributed by atoms with E-state index in [-0.39, 0.29) is 46.9 Å². The molecule has 6 aliphatic rings. The van der Waals surface area contributed by atoms with Crippen LogP contribution in [0.2, 0.25) is 0 Å². The standard InChI is InChI=1S/2C29H36F2N6O2/c2*1-4-27(38)35-9-6-25-24(17-35)29(33-37(25)20-7-11-39-12-8-20)36-10-5-18(2)21-13-22(19-15-32-34(3)16-19)23(28(30)31)14-26(21)36/h2*13-16,18,20,28H,4-12,17H2,1-3H3/t2*18-/m10/s1. The van der Waals surface area contributed by atoms with Gasteiger partial charge >= 0.3 is 0 Å². The lowest BCUT2D eigenvalue weighted by Gasteiger charge is -2.36.